The Morgan fingerprint density at radius 3 is 1.53 bits per heavy atom. The number of benzene rings is 10. The number of furan rings is 1. The van der Waals surface area contributed by atoms with E-state index < -0.39 is 0 Å². The molecule has 1 heterocycles. The van der Waals surface area contributed by atoms with Crippen molar-refractivity contribution in [1.82, 2.24) is 0 Å². The fourth-order valence-electron chi connectivity index (χ4n) is 8.86. The van der Waals surface area contributed by atoms with Crippen LogP contribution in [0.1, 0.15) is 0 Å². The van der Waals surface area contributed by atoms with Crippen LogP contribution in [0.2, 0.25) is 0 Å². The third kappa shape index (κ3) is 5.66. The third-order valence-corrected chi connectivity index (χ3v) is 11.5. The van der Waals surface area contributed by atoms with Gasteiger partial charge < -0.3 is 9.32 Å². The predicted octanol–water partition coefficient (Wildman–Crippen LogP) is 16.0. The molecular weight excluding hydrogens is 703 g/mol. The molecule has 272 valence electrons. The Balaban J connectivity index is 1.11. The largest absolute Gasteiger partial charge is 0.456 e. The first kappa shape index (κ1) is 33.6. The highest BCUT2D eigenvalue weighted by Crippen LogP contribution is 2.48. The van der Waals surface area contributed by atoms with Gasteiger partial charge in [0.2, 0.25) is 0 Å². The third-order valence-electron chi connectivity index (χ3n) is 11.5. The fraction of sp³-hybridized carbons (Fsp3) is 0. The summed E-state index contributed by atoms with van der Waals surface area (Å²) in [7, 11) is 0. The molecule has 11 rings (SSSR count). The van der Waals surface area contributed by atoms with Gasteiger partial charge in [-0.3, -0.25) is 0 Å². The van der Waals surface area contributed by atoms with E-state index in [0.29, 0.717) is 0 Å². The molecule has 0 aliphatic heterocycles. The van der Waals surface area contributed by atoms with E-state index in [9.17, 15) is 0 Å². The van der Waals surface area contributed by atoms with Crippen LogP contribution in [-0.2, 0) is 0 Å². The standard InChI is InChI=1S/C56H37NO/c1-4-17-39(18-5-1)44-23-12-14-27-50(44)57(51-28-16-30-53-56(51)48-26-13-15-29-52(48)58-53)43-34-31-38(32-35-43)42-33-36-46-45-24-10-11-25-47(45)54(40-19-6-2-7-20-40)55(49(46)37-42)41-21-8-3-9-22-41/h1-37H. The molecule has 2 nitrogen and oxygen atoms in total. The van der Waals surface area contributed by atoms with Crippen LogP contribution in [0, 0.1) is 0 Å². The summed E-state index contributed by atoms with van der Waals surface area (Å²) < 4.78 is 6.42. The van der Waals surface area contributed by atoms with Crippen LogP contribution < -0.4 is 4.90 Å². The monoisotopic (exact) mass is 739 g/mol. The van der Waals surface area contributed by atoms with E-state index in [2.05, 4.69) is 223 Å². The number of para-hydroxylation sites is 2. The van der Waals surface area contributed by atoms with Crippen molar-refractivity contribution in [3.05, 3.63) is 224 Å². The first-order valence-corrected chi connectivity index (χ1v) is 19.8. The molecule has 0 N–H and O–H groups in total. The van der Waals surface area contributed by atoms with Gasteiger partial charge in [-0.1, -0.05) is 182 Å². The molecule has 0 aliphatic carbocycles. The zero-order valence-corrected chi connectivity index (χ0v) is 31.7. The minimum atomic E-state index is 0.866. The van der Waals surface area contributed by atoms with Gasteiger partial charge in [0.1, 0.15) is 11.2 Å². The van der Waals surface area contributed by atoms with Gasteiger partial charge in [-0.15, -0.1) is 0 Å². The maximum Gasteiger partial charge on any atom is 0.137 e. The second kappa shape index (κ2) is 14.1. The Hall–Kier alpha value is -7.68. The molecule has 10 aromatic carbocycles. The van der Waals surface area contributed by atoms with Crippen LogP contribution in [0.25, 0.3) is 88.0 Å². The Labute approximate surface area is 337 Å². The van der Waals surface area contributed by atoms with Crippen LogP contribution in [0.4, 0.5) is 17.1 Å². The number of nitrogens with zero attached hydrogens (tertiary/aromatic N) is 1. The molecule has 0 radical (unpaired) electrons. The highest BCUT2D eigenvalue weighted by atomic mass is 16.3. The Kier molecular flexibility index (Phi) is 8.19. The van der Waals surface area contributed by atoms with Crippen LogP contribution in [0.5, 0.6) is 0 Å². The van der Waals surface area contributed by atoms with Crippen molar-refractivity contribution in [3.63, 3.8) is 0 Å². The van der Waals surface area contributed by atoms with E-state index in [1.54, 1.807) is 0 Å². The molecule has 0 atom stereocenters. The zero-order chi connectivity index (χ0) is 38.4. The van der Waals surface area contributed by atoms with E-state index in [1.165, 1.54) is 49.4 Å². The van der Waals surface area contributed by atoms with Crippen molar-refractivity contribution in [2.45, 2.75) is 0 Å². The quantitative estimate of drug-likeness (QED) is 0.151. The van der Waals surface area contributed by atoms with Crippen LogP contribution in [-0.4, -0.2) is 0 Å². The Morgan fingerprint density at radius 1 is 0.293 bits per heavy atom. The summed E-state index contributed by atoms with van der Waals surface area (Å²) in [6.45, 7) is 0. The van der Waals surface area contributed by atoms with Gasteiger partial charge in [-0.2, -0.15) is 0 Å². The lowest BCUT2D eigenvalue weighted by atomic mass is 9.84. The predicted molar refractivity (Wildman–Crippen MR) is 245 cm³/mol. The lowest BCUT2D eigenvalue weighted by Gasteiger charge is -2.28. The maximum absolute atomic E-state index is 6.42. The van der Waals surface area contributed by atoms with Crippen LogP contribution >= 0.6 is 0 Å². The molecule has 0 amide bonds. The molecule has 0 unspecified atom stereocenters. The molecule has 2 heteroatoms. The smallest absolute Gasteiger partial charge is 0.137 e. The van der Waals surface area contributed by atoms with E-state index >= 15 is 0 Å². The topological polar surface area (TPSA) is 16.4 Å². The molecule has 0 saturated carbocycles. The fourth-order valence-corrected chi connectivity index (χ4v) is 8.86. The van der Waals surface area contributed by atoms with Gasteiger partial charge >= 0.3 is 0 Å². The van der Waals surface area contributed by atoms with Crippen molar-refractivity contribution in [1.29, 1.82) is 0 Å². The van der Waals surface area contributed by atoms with Crippen molar-refractivity contribution in [2.75, 3.05) is 4.90 Å². The number of fused-ring (bicyclic) bond motifs is 6. The van der Waals surface area contributed by atoms with Crippen molar-refractivity contribution >= 4 is 60.5 Å². The summed E-state index contributed by atoms with van der Waals surface area (Å²) in [5.41, 5.74) is 14.5. The van der Waals surface area contributed by atoms with E-state index in [0.717, 1.165) is 55.7 Å². The molecule has 0 spiro atoms. The maximum atomic E-state index is 6.42. The molecule has 0 bridgehead atoms. The summed E-state index contributed by atoms with van der Waals surface area (Å²) in [4.78, 5) is 2.39. The molecule has 0 saturated heterocycles. The van der Waals surface area contributed by atoms with Gasteiger partial charge in [0, 0.05) is 16.6 Å². The molecule has 1 aromatic heterocycles. The van der Waals surface area contributed by atoms with Gasteiger partial charge in [-0.25, -0.2) is 0 Å². The summed E-state index contributed by atoms with van der Waals surface area (Å²) in [5, 5.41) is 7.19. The van der Waals surface area contributed by atoms with Crippen molar-refractivity contribution in [3.8, 4) is 44.5 Å². The van der Waals surface area contributed by atoms with Gasteiger partial charge in [0.05, 0.1) is 16.8 Å². The molecule has 0 fully saturated rings. The second-order valence-electron chi connectivity index (χ2n) is 14.8. The van der Waals surface area contributed by atoms with E-state index in [-0.39, 0.29) is 0 Å². The first-order valence-electron chi connectivity index (χ1n) is 19.8. The number of hydrogen-bond acceptors (Lipinski definition) is 2. The number of rotatable bonds is 7. The Morgan fingerprint density at radius 2 is 0.810 bits per heavy atom. The lowest BCUT2D eigenvalue weighted by molar-refractivity contribution is 0.669. The zero-order valence-electron chi connectivity index (χ0n) is 31.7. The molecule has 58 heavy (non-hydrogen) atoms. The average molecular weight is 740 g/mol. The highest BCUT2D eigenvalue weighted by molar-refractivity contribution is 6.22. The van der Waals surface area contributed by atoms with Gasteiger partial charge in [-0.05, 0) is 103 Å². The summed E-state index contributed by atoms with van der Waals surface area (Å²) in [5.74, 6) is 0. The van der Waals surface area contributed by atoms with Gasteiger partial charge in [0.25, 0.3) is 0 Å². The summed E-state index contributed by atoms with van der Waals surface area (Å²) >= 11 is 0. The lowest BCUT2D eigenvalue weighted by Crippen LogP contribution is -2.11. The van der Waals surface area contributed by atoms with E-state index in [1.807, 2.05) is 6.07 Å². The number of hydrogen-bond donors (Lipinski definition) is 0. The minimum absolute atomic E-state index is 0.866. The van der Waals surface area contributed by atoms with Crippen molar-refractivity contribution in [2.24, 2.45) is 0 Å². The van der Waals surface area contributed by atoms with Crippen molar-refractivity contribution < 1.29 is 4.42 Å². The molecular formula is C56H37NO. The highest BCUT2D eigenvalue weighted by Gasteiger charge is 2.22. The number of anilines is 3. The second-order valence-corrected chi connectivity index (χ2v) is 14.8. The molecule has 11 aromatic rings. The first-order chi connectivity index (χ1) is 28.8. The average Bonchev–Trinajstić information content (AvgIpc) is 3.69. The van der Waals surface area contributed by atoms with Gasteiger partial charge in [0.15, 0.2) is 0 Å². The van der Waals surface area contributed by atoms with Crippen LogP contribution in [0.15, 0.2) is 229 Å². The minimum Gasteiger partial charge on any atom is -0.456 e. The molecule has 0 aliphatic rings. The SMILES string of the molecule is c1ccc(-c2ccccc2N(c2ccc(-c3ccc4c(c3)c(-c3ccccc3)c(-c3ccccc3)c3ccccc34)cc2)c2cccc3oc4ccccc4c23)cc1. The Bertz CT molecular complexity index is 3260. The van der Waals surface area contributed by atoms with E-state index in [4.69, 9.17) is 4.42 Å². The summed E-state index contributed by atoms with van der Waals surface area (Å²) in [6, 6.07) is 80.6. The summed E-state index contributed by atoms with van der Waals surface area (Å²) in [6.07, 6.45) is 0. The normalized spacial score (nSPS) is 11.4. The van der Waals surface area contributed by atoms with Crippen LogP contribution in [0.3, 0.4) is 0 Å².